The predicted molar refractivity (Wildman–Crippen MR) is 141 cm³/mol. The number of hydrogen-bond donors (Lipinski definition) is 0. The van der Waals surface area contributed by atoms with E-state index in [1.54, 1.807) is 0 Å². The second-order valence-electron chi connectivity index (χ2n) is 8.16. The predicted octanol–water partition coefficient (Wildman–Crippen LogP) is 8.52. The Bertz CT molecular complexity index is 1730. The van der Waals surface area contributed by atoms with Crippen molar-refractivity contribution in [3.63, 3.8) is 0 Å². The number of halogens is 1. The minimum Gasteiger partial charge on any atom is -0.465 e. The molecule has 0 saturated carbocycles. The van der Waals surface area contributed by atoms with E-state index in [0.29, 0.717) is 5.56 Å². The van der Waals surface area contributed by atoms with E-state index >= 15 is 0 Å². The molecule has 0 aromatic heterocycles. The molecular formula is C30H19BrO2. The number of fused-ring (bicyclic) bond motifs is 8. The highest BCUT2D eigenvalue weighted by atomic mass is 79.9. The summed E-state index contributed by atoms with van der Waals surface area (Å²) in [6, 6.07) is 33.5. The van der Waals surface area contributed by atoms with Gasteiger partial charge in [0.05, 0.1) is 12.7 Å². The lowest BCUT2D eigenvalue weighted by Gasteiger charge is -2.17. The summed E-state index contributed by atoms with van der Waals surface area (Å²) in [4.78, 5) is 12.7. The quantitative estimate of drug-likeness (QED) is 0.179. The molecule has 6 rings (SSSR count). The number of ether oxygens (including phenoxy) is 1. The molecule has 0 N–H and O–H groups in total. The monoisotopic (exact) mass is 490 g/mol. The molecule has 0 saturated heterocycles. The summed E-state index contributed by atoms with van der Waals surface area (Å²) >= 11 is 3.60. The minimum absolute atomic E-state index is 0.343. The summed E-state index contributed by atoms with van der Waals surface area (Å²) in [5, 5.41) is 9.59. The standard InChI is InChI=1S/C30H19BrO2/c1-33-30(32)25-15-14-18(31)16-26(25)27-17-28-21-10-3-2-8-19(21)20-9-4-6-12-23(20)29(28)24-13-7-5-11-22(24)27/h2-17H,1H3. The van der Waals surface area contributed by atoms with Gasteiger partial charge >= 0.3 is 5.97 Å². The van der Waals surface area contributed by atoms with Crippen LogP contribution in [0.15, 0.2) is 102 Å². The number of esters is 1. The minimum atomic E-state index is -0.343. The van der Waals surface area contributed by atoms with Crippen LogP contribution in [0.4, 0.5) is 0 Å². The van der Waals surface area contributed by atoms with Crippen LogP contribution in [0.1, 0.15) is 10.4 Å². The number of methoxy groups -OCH3 is 1. The van der Waals surface area contributed by atoms with Gasteiger partial charge in [0.1, 0.15) is 0 Å². The molecule has 0 atom stereocenters. The summed E-state index contributed by atoms with van der Waals surface area (Å²) in [6.07, 6.45) is 0. The fourth-order valence-electron chi connectivity index (χ4n) is 5.02. The zero-order chi connectivity index (χ0) is 22.5. The van der Waals surface area contributed by atoms with Crippen LogP contribution in [0.3, 0.4) is 0 Å². The lowest BCUT2D eigenvalue weighted by molar-refractivity contribution is 0.0601. The maximum absolute atomic E-state index is 12.7. The van der Waals surface area contributed by atoms with E-state index in [-0.39, 0.29) is 5.97 Å². The van der Waals surface area contributed by atoms with Gasteiger partial charge in [-0.25, -0.2) is 4.79 Å². The zero-order valence-corrected chi connectivity index (χ0v) is 19.5. The molecule has 158 valence electrons. The van der Waals surface area contributed by atoms with Crippen molar-refractivity contribution in [1.82, 2.24) is 0 Å². The maximum Gasteiger partial charge on any atom is 0.338 e. The molecule has 0 bridgehead atoms. The third-order valence-corrected chi connectivity index (χ3v) is 6.92. The van der Waals surface area contributed by atoms with Crippen LogP contribution < -0.4 is 0 Å². The van der Waals surface area contributed by atoms with E-state index in [1.807, 2.05) is 18.2 Å². The zero-order valence-electron chi connectivity index (χ0n) is 17.9. The Morgan fingerprint density at radius 2 is 1.12 bits per heavy atom. The number of carbonyl (C=O) groups is 1. The number of carbonyl (C=O) groups excluding carboxylic acids is 1. The van der Waals surface area contributed by atoms with Gasteiger partial charge in [0.2, 0.25) is 0 Å². The van der Waals surface area contributed by atoms with Gasteiger partial charge in [-0.3, -0.25) is 0 Å². The molecule has 0 aliphatic rings. The molecule has 0 aliphatic carbocycles. The fourth-order valence-corrected chi connectivity index (χ4v) is 5.38. The SMILES string of the molecule is COC(=O)c1ccc(Br)cc1-c1cc2c3ccccc3c3ccccc3c2c2ccccc12. The third-order valence-electron chi connectivity index (χ3n) is 6.43. The van der Waals surface area contributed by atoms with E-state index in [9.17, 15) is 4.79 Å². The van der Waals surface area contributed by atoms with Crippen molar-refractivity contribution in [1.29, 1.82) is 0 Å². The molecule has 0 spiro atoms. The molecule has 0 radical (unpaired) electrons. The van der Waals surface area contributed by atoms with Gasteiger partial charge in [0, 0.05) is 4.47 Å². The van der Waals surface area contributed by atoms with Crippen LogP contribution in [0.5, 0.6) is 0 Å². The first-order valence-electron chi connectivity index (χ1n) is 10.8. The van der Waals surface area contributed by atoms with E-state index < -0.39 is 0 Å². The van der Waals surface area contributed by atoms with Gasteiger partial charge in [-0.05, 0) is 78.5 Å². The Morgan fingerprint density at radius 1 is 0.606 bits per heavy atom. The van der Waals surface area contributed by atoms with E-state index in [4.69, 9.17) is 4.74 Å². The van der Waals surface area contributed by atoms with Crippen molar-refractivity contribution in [2.45, 2.75) is 0 Å². The van der Waals surface area contributed by atoms with Crippen LogP contribution in [0.2, 0.25) is 0 Å². The van der Waals surface area contributed by atoms with Crippen molar-refractivity contribution in [2.24, 2.45) is 0 Å². The van der Waals surface area contributed by atoms with Crippen LogP contribution in [0.25, 0.3) is 54.2 Å². The Morgan fingerprint density at radius 3 is 1.76 bits per heavy atom. The van der Waals surface area contributed by atoms with Crippen LogP contribution in [-0.4, -0.2) is 13.1 Å². The highest BCUT2D eigenvalue weighted by Crippen LogP contribution is 2.43. The topological polar surface area (TPSA) is 26.3 Å². The maximum atomic E-state index is 12.7. The Balaban J connectivity index is 1.88. The lowest BCUT2D eigenvalue weighted by atomic mass is 9.86. The van der Waals surface area contributed by atoms with Gasteiger partial charge in [0.15, 0.2) is 0 Å². The van der Waals surface area contributed by atoms with Crippen molar-refractivity contribution in [3.8, 4) is 11.1 Å². The van der Waals surface area contributed by atoms with Crippen LogP contribution >= 0.6 is 15.9 Å². The molecule has 6 aromatic rings. The summed E-state index contributed by atoms with van der Waals surface area (Å²) < 4.78 is 6.03. The summed E-state index contributed by atoms with van der Waals surface area (Å²) in [7, 11) is 1.42. The fraction of sp³-hybridized carbons (Fsp3) is 0.0333. The average Bonchev–Trinajstić information content (AvgIpc) is 2.87. The Kier molecular flexibility index (Phi) is 4.67. The van der Waals surface area contributed by atoms with Gasteiger partial charge in [0.25, 0.3) is 0 Å². The van der Waals surface area contributed by atoms with Crippen molar-refractivity contribution < 1.29 is 9.53 Å². The number of benzene rings is 6. The molecule has 0 unspecified atom stereocenters. The van der Waals surface area contributed by atoms with Gasteiger partial charge in [-0.15, -0.1) is 0 Å². The van der Waals surface area contributed by atoms with E-state index in [0.717, 1.165) is 21.0 Å². The molecule has 0 aliphatic heterocycles. The molecule has 0 heterocycles. The molecule has 6 aromatic carbocycles. The lowest BCUT2D eigenvalue weighted by Crippen LogP contribution is -2.04. The first-order chi connectivity index (χ1) is 16.2. The third kappa shape index (κ3) is 3.04. The number of rotatable bonds is 2. The summed E-state index contributed by atoms with van der Waals surface area (Å²) in [5.41, 5.74) is 2.42. The second kappa shape index (κ2) is 7.72. The smallest absolute Gasteiger partial charge is 0.338 e. The first-order valence-corrected chi connectivity index (χ1v) is 11.6. The highest BCUT2D eigenvalue weighted by Gasteiger charge is 2.19. The largest absolute Gasteiger partial charge is 0.465 e. The first kappa shape index (κ1) is 20.0. The number of hydrogen-bond acceptors (Lipinski definition) is 2. The summed E-state index contributed by atoms with van der Waals surface area (Å²) in [6.45, 7) is 0. The van der Waals surface area contributed by atoms with Gasteiger partial charge in [-0.2, -0.15) is 0 Å². The van der Waals surface area contributed by atoms with E-state index in [2.05, 4.69) is 94.8 Å². The Hall–Kier alpha value is -3.69. The molecule has 0 fully saturated rings. The van der Waals surface area contributed by atoms with E-state index in [1.165, 1.54) is 44.8 Å². The van der Waals surface area contributed by atoms with Crippen LogP contribution in [-0.2, 0) is 4.74 Å². The summed E-state index contributed by atoms with van der Waals surface area (Å²) in [5.74, 6) is -0.343. The van der Waals surface area contributed by atoms with Crippen molar-refractivity contribution in [2.75, 3.05) is 7.11 Å². The van der Waals surface area contributed by atoms with Gasteiger partial charge in [-0.1, -0.05) is 88.7 Å². The van der Waals surface area contributed by atoms with Gasteiger partial charge < -0.3 is 4.74 Å². The van der Waals surface area contributed by atoms with Crippen LogP contribution in [0, 0.1) is 0 Å². The molecular weight excluding hydrogens is 472 g/mol. The molecule has 33 heavy (non-hydrogen) atoms. The van der Waals surface area contributed by atoms with Crippen molar-refractivity contribution in [3.05, 3.63) is 107 Å². The molecule has 2 nitrogen and oxygen atoms in total. The molecule has 0 amide bonds. The average molecular weight is 491 g/mol. The Labute approximate surface area is 199 Å². The normalized spacial score (nSPS) is 11.5. The highest BCUT2D eigenvalue weighted by molar-refractivity contribution is 9.10. The molecule has 3 heteroatoms. The van der Waals surface area contributed by atoms with Crippen molar-refractivity contribution >= 4 is 65.0 Å². The second-order valence-corrected chi connectivity index (χ2v) is 9.08.